The van der Waals surface area contributed by atoms with E-state index in [1.165, 1.54) is 17.7 Å². The lowest BCUT2D eigenvalue weighted by Gasteiger charge is -2.08. The van der Waals surface area contributed by atoms with Gasteiger partial charge in [0.05, 0.1) is 18.3 Å². The van der Waals surface area contributed by atoms with Crippen LogP contribution in [0.1, 0.15) is 48.1 Å². The molecule has 2 aromatic heterocycles. The fourth-order valence-electron chi connectivity index (χ4n) is 2.88. The molecule has 0 saturated carbocycles. The lowest BCUT2D eigenvalue weighted by Crippen LogP contribution is -2.14. The van der Waals surface area contributed by atoms with Crippen molar-refractivity contribution in [2.45, 2.75) is 51.5 Å². The molecule has 1 aliphatic carbocycles. The Morgan fingerprint density at radius 2 is 2.17 bits per heavy atom. The molecule has 0 aliphatic heterocycles. The van der Waals surface area contributed by atoms with Gasteiger partial charge in [0.25, 0.3) is 0 Å². The van der Waals surface area contributed by atoms with Crippen LogP contribution in [0.5, 0.6) is 0 Å². The van der Waals surface area contributed by atoms with Gasteiger partial charge in [0.15, 0.2) is 0 Å². The lowest BCUT2D eigenvalue weighted by molar-refractivity contribution is -0.116. The van der Waals surface area contributed by atoms with Crippen molar-refractivity contribution in [2.24, 2.45) is 0 Å². The molecule has 1 aliphatic rings. The predicted octanol–water partition coefficient (Wildman–Crippen LogP) is 2.90. The molecule has 0 atom stereocenters. The maximum Gasteiger partial charge on any atom is 0.226 e. The van der Waals surface area contributed by atoms with E-state index in [-0.39, 0.29) is 5.91 Å². The Morgan fingerprint density at radius 3 is 2.91 bits per heavy atom. The molecule has 6 nitrogen and oxygen atoms in total. The summed E-state index contributed by atoms with van der Waals surface area (Å²) in [6, 6.07) is 2.30. The number of rotatable bonds is 4. The highest BCUT2D eigenvalue weighted by Gasteiger charge is 2.20. The van der Waals surface area contributed by atoms with Gasteiger partial charge in [0.1, 0.15) is 11.1 Å². The quantitative estimate of drug-likeness (QED) is 0.935. The summed E-state index contributed by atoms with van der Waals surface area (Å²) < 4.78 is 1.62. The minimum absolute atomic E-state index is 0.0915. The summed E-state index contributed by atoms with van der Waals surface area (Å²) in [5.74, 6) is -0.0915. The van der Waals surface area contributed by atoms with Crippen molar-refractivity contribution >= 4 is 22.2 Å². The van der Waals surface area contributed by atoms with Gasteiger partial charge < -0.3 is 5.32 Å². The van der Waals surface area contributed by atoms with Crippen molar-refractivity contribution in [3.8, 4) is 6.07 Å². The third-order valence-corrected chi connectivity index (χ3v) is 5.28. The number of anilines is 1. The van der Waals surface area contributed by atoms with Crippen LogP contribution in [0.2, 0.25) is 0 Å². The molecule has 0 unspecified atom stereocenters. The lowest BCUT2D eigenvalue weighted by atomic mass is 9.97. The third-order valence-electron chi connectivity index (χ3n) is 4.08. The SMILES string of the molecule is N#Cc1c(NC(=O)CCn2ccnn2)sc2c1CCCCCC2. The second-order valence-corrected chi connectivity index (χ2v) is 6.80. The zero-order valence-electron chi connectivity index (χ0n) is 12.9. The minimum atomic E-state index is -0.0915. The predicted molar refractivity (Wildman–Crippen MR) is 88.2 cm³/mol. The zero-order chi connectivity index (χ0) is 16.1. The van der Waals surface area contributed by atoms with Crippen molar-refractivity contribution < 1.29 is 4.79 Å². The molecule has 0 aromatic carbocycles. The summed E-state index contributed by atoms with van der Waals surface area (Å²) in [5, 5.41) is 20.7. The van der Waals surface area contributed by atoms with Crippen LogP contribution in [0.4, 0.5) is 5.00 Å². The highest BCUT2D eigenvalue weighted by molar-refractivity contribution is 7.16. The van der Waals surface area contributed by atoms with Crippen LogP contribution in [0, 0.1) is 11.3 Å². The average molecular weight is 329 g/mol. The number of aromatic nitrogens is 3. The van der Waals surface area contributed by atoms with Gasteiger partial charge in [-0.1, -0.05) is 18.1 Å². The van der Waals surface area contributed by atoms with Gasteiger partial charge in [-0.15, -0.1) is 16.4 Å². The molecule has 2 heterocycles. The first kappa shape index (κ1) is 15.7. The number of hydrogen-bond donors (Lipinski definition) is 1. The Morgan fingerprint density at radius 1 is 1.35 bits per heavy atom. The van der Waals surface area contributed by atoms with Crippen molar-refractivity contribution in [1.29, 1.82) is 5.26 Å². The number of carbonyl (C=O) groups excluding carboxylic acids is 1. The molecule has 1 amide bonds. The number of amides is 1. The summed E-state index contributed by atoms with van der Waals surface area (Å²) in [6.45, 7) is 0.485. The summed E-state index contributed by atoms with van der Waals surface area (Å²) in [7, 11) is 0. The van der Waals surface area contributed by atoms with E-state index in [0.717, 1.165) is 31.2 Å². The van der Waals surface area contributed by atoms with E-state index in [4.69, 9.17) is 0 Å². The molecule has 7 heteroatoms. The number of carbonyl (C=O) groups is 1. The number of aryl methyl sites for hydroxylation is 2. The van der Waals surface area contributed by atoms with E-state index in [1.54, 1.807) is 28.4 Å². The molecule has 2 aromatic rings. The molecule has 0 saturated heterocycles. The number of nitrogens with one attached hydrogen (secondary N) is 1. The number of nitriles is 1. The summed E-state index contributed by atoms with van der Waals surface area (Å²) >= 11 is 1.57. The standard InChI is InChI=1S/C16H19N5OS/c17-11-13-12-5-3-1-2-4-6-14(12)23-16(13)19-15(22)7-9-21-10-8-18-20-21/h8,10H,1-7,9H2,(H,19,22). The largest absolute Gasteiger partial charge is 0.317 e. The van der Waals surface area contributed by atoms with Crippen molar-refractivity contribution in [3.05, 3.63) is 28.4 Å². The molecule has 0 spiro atoms. The highest BCUT2D eigenvalue weighted by Crippen LogP contribution is 2.36. The first-order valence-corrected chi connectivity index (χ1v) is 8.78. The maximum atomic E-state index is 12.1. The van der Waals surface area contributed by atoms with Gasteiger partial charge in [0.2, 0.25) is 5.91 Å². The first-order chi connectivity index (χ1) is 11.3. The van der Waals surface area contributed by atoms with Crippen LogP contribution in [0.3, 0.4) is 0 Å². The van der Waals surface area contributed by atoms with Gasteiger partial charge in [0, 0.05) is 17.5 Å². The second kappa shape index (κ2) is 7.38. The Labute approximate surface area is 139 Å². The van der Waals surface area contributed by atoms with Crippen LogP contribution >= 0.6 is 11.3 Å². The third kappa shape index (κ3) is 3.77. The molecule has 23 heavy (non-hydrogen) atoms. The van der Waals surface area contributed by atoms with E-state index < -0.39 is 0 Å². The molecule has 120 valence electrons. The average Bonchev–Trinajstić information content (AvgIpc) is 3.13. The van der Waals surface area contributed by atoms with Crippen LogP contribution < -0.4 is 5.32 Å². The molecule has 3 rings (SSSR count). The monoisotopic (exact) mass is 329 g/mol. The fraction of sp³-hybridized carbons (Fsp3) is 0.500. The van der Waals surface area contributed by atoms with Crippen molar-refractivity contribution in [3.63, 3.8) is 0 Å². The smallest absolute Gasteiger partial charge is 0.226 e. The normalized spacial score (nSPS) is 14.4. The Hall–Kier alpha value is -2.20. The fourth-order valence-corrected chi connectivity index (χ4v) is 4.14. The molecule has 1 N–H and O–H groups in total. The summed E-state index contributed by atoms with van der Waals surface area (Å²) in [5.41, 5.74) is 1.82. The Balaban J connectivity index is 1.70. The van der Waals surface area contributed by atoms with Gasteiger partial charge >= 0.3 is 0 Å². The number of fused-ring (bicyclic) bond motifs is 1. The number of hydrogen-bond acceptors (Lipinski definition) is 5. The van der Waals surface area contributed by atoms with Gasteiger partial charge in [-0.2, -0.15) is 5.26 Å². The van der Waals surface area contributed by atoms with Crippen LogP contribution in [0.15, 0.2) is 12.4 Å². The summed E-state index contributed by atoms with van der Waals surface area (Å²) in [4.78, 5) is 13.4. The molecule has 0 bridgehead atoms. The highest BCUT2D eigenvalue weighted by atomic mass is 32.1. The van der Waals surface area contributed by atoms with Crippen molar-refractivity contribution in [2.75, 3.05) is 5.32 Å². The van der Waals surface area contributed by atoms with Gasteiger partial charge in [-0.3, -0.25) is 9.48 Å². The number of thiophene rings is 1. The van der Waals surface area contributed by atoms with Crippen LogP contribution in [-0.4, -0.2) is 20.9 Å². The van der Waals surface area contributed by atoms with Crippen molar-refractivity contribution in [1.82, 2.24) is 15.0 Å². The van der Waals surface area contributed by atoms with Crippen LogP contribution in [-0.2, 0) is 24.2 Å². The Bertz CT molecular complexity index is 714. The topological polar surface area (TPSA) is 83.6 Å². The van der Waals surface area contributed by atoms with Crippen LogP contribution in [0.25, 0.3) is 0 Å². The first-order valence-electron chi connectivity index (χ1n) is 7.96. The number of nitrogens with zero attached hydrogens (tertiary/aromatic N) is 4. The van der Waals surface area contributed by atoms with E-state index in [1.807, 2.05) is 0 Å². The second-order valence-electron chi connectivity index (χ2n) is 5.70. The van der Waals surface area contributed by atoms with E-state index >= 15 is 0 Å². The molecular weight excluding hydrogens is 310 g/mol. The minimum Gasteiger partial charge on any atom is -0.317 e. The maximum absolute atomic E-state index is 12.1. The molecular formula is C16H19N5OS. The van der Waals surface area contributed by atoms with E-state index in [0.29, 0.717) is 23.5 Å². The Kier molecular flexibility index (Phi) is 5.03. The van der Waals surface area contributed by atoms with E-state index in [9.17, 15) is 10.1 Å². The summed E-state index contributed by atoms with van der Waals surface area (Å²) in [6.07, 6.45) is 10.4. The molecule has 0 fully saturated rings. The van der Waals surface area contributed by atoms with Gasteiger partial charge in [-0.25, -0.2) is 0 Å². The van der Waals surface area contributed by atoms with E-state index in [2.05, 4.69) is 21.7 Å². The zero-order valence-corrected chi connectivity index (χ0v) is 13.7. The van der Waals surface area contributed by atoms with Gasteiger partial charge in [-0.05, 0) is 31.2 Å². The molecule has 0 radical (unpaired) electrons.